The first-order chi connectivity index (χ1) is 10.3. The Kier molecular flexibility index (Phi) is 3.99. The number of hydrogen-bond donors (Lipinski definition) is 2. The Morgan fingerprint density at radius 1 is 1.05 bits per heavy atom. The Bertz CT molecular complexity index is 729. The van der Waals surface area contributed by atoms with Crippen molar-refractivity contribution in [3.8, 4) is 0 Å². The number of aliphatic hydroxyl groups excluding tert-OH is 1. The molecule has 1 amide bonds. The SMILES string of the molecule is O=C(NCc1ccc(CO)cc1)c1cc2ccccc2s1. The van der Waals surface area contributed by atoms with E-state index in [4.69, 9.17) is 5.11 Å². The molecule has 2 aromatic carbocycles. The van der Waals surface area contributed by atoms with Crippen LogP contribution in [0.15, 0.2) is 54.6 Å². The van der Waals surface area contributed by atoms with Crippen molar-refractivity contribution in [1.82, 2.24) is 5.32 Å². The van der Waals surface area contributed by atoms with Crippen LogP contribution >= 0.6 is 11.3 Å². The lowest BCUT2D eigenvalue weighted by Crippen LogP contribution is -2.21. The summed E-state index contributed by atoms with van der Waals surface area (Å²) in [6.45, 7) is 0.521. The van der Waals surface area contributed by atoms with Gasteiger partial charge in [-0.1, -0.05) is 42.5 Å². The smallest absolute Gasteiger partial charge is 0.261 e. The molecule has 0 aliphatic heterocycles. The molecule has 2 N–H and O–H groups in total. The van der Waals surface area contributed by atoms with Crippen molar-refractivity contribution in [1.29, 1.82) is 0 Å². The van der Waals surface area contributed by atoms with Crippen LogP contribution in [0, 0.1) is 0 Å². The number of carbonyl (C=O) groups is 1. The zero-order valence-electron chi connectivity index (χ0n) is 11.4. The molecule has 0 fully saturated rings. The number of benzene rings is 2. The minimum atomic E-state index is -0.0533. The van der Waals surface area contributed by atoms with Crippen LogP contribution in [-0.2, 0) is 13.2 Å². The van der Waals surface area contributed by atoms with Gasteiger partial charge in [0.05, 0.1) is 11.5 Å². The molecule has 3 nitrogen and oxygen atoms in total. The number of hydrogen-bond acceptors (Lipinski definition) is 3. The lowest BCUT2D eigenvalue weighted by Gasteiger charge is -2.04. The van der Waals surface area contributed by atoms with Gasteiger partial charge in [-0.15, -0.1) is 11.3 Å². The largest absolute Gasteiger partial charge is 0.392 e. The fourth-order valence-corrected chi connectivity index (χ4v) is 3.10. The van der Waals surface area contributed by atoms with Gasteiger partial charge in [0.25, 0.3) is 5.91 Å². The highest BCUT2D eigenvalue weighted by atomic mass is 32.1. The van der Waals surface area contributed by atoms with Crippen molar-refractivity contribution in [3.63, 3.8) is 0 Å². The zero-order chi connectivity index (χ0) is 14.7. The maximum absolute atomic E-state index is 12.2. The molecular formula is C17H15NO2S. The molecule has 0 radical (unpaired) electrons. The molecule has 3 rings (SSSR count). The third-order valence-corrected chi connectivity index (χ3v) is 4.42. The molecule has 0 saturated carbocycles. The van der Waals surface area contributed by atoms with Gasteiger partial charge in [-0.2, -0.15) is 0 Å². The summed E-state index contributed by atoms with van der Waals surface area (Å²) >= 11 is 1.50. The first-order valence-electron chi connectivity index (χ1n) is 6.72. The highest BCUT2D eigenvalue weighted by molar-refractivity contribution is 7.20. The second-order valence-electron chi connectivity index (χ2n) is 4.81. The summed E-state index contributed by atoms with van der Waals surface area (Å²) in [5.41, 5.74) is 1.89. The number of thiophene rings is 1. The van der Waals surface area contributed by atoms with Gasteiger partial charge in [0.1, 0.15) is 0 Å². The Labute approximate surface area is 126 Å². The summed E-state index contributed by atoms with van der Waals surface area (Å²) in [6.07, 6.45) is 0. The average molecular weight is 297 g/mol. The lowest BCUT2D eigenvalue weighted by atomic mass is 10.1. The normalized spacial score (nSPS) is 10.7. The van der Waals surface area contributed by atoms with E-state index in [9.17, 15) is 4.79 Å². The molecule has 21 heavy (non-hydrogen) atoms. The van der Waals surface area contributed by atoms with E-state index in [2.05, 4.69) is 5.32 Å². The van der Waals surface area contributed by atoms with Crippen LogP contribution in [-0.4, -0.2) is 11.0 Å². The van der Waals surface area contributed by atoms with Crippen LogP contribution in [0.3, 0.4) is 0 Å². The molecule has 0 aliphatic carbocycles. The molecule has 0 bridgehead atoms. The topological polar surface area (TPSA) is 49.3 Å². The second kappa shape index (κ2) is 6.08. The standard InChI is InChI=1S/C17H15NO2S/c19-11-13-7-5-12(6-8-13)10-18-17(20)16-9-14-3-1-2-4-15(14)21-16/h1-9,19H,10-11H2,(H,18,20). The van der Waals surface area contributed by atoms with E-state index in [1.54, 1.807) is 0 Å². The van der Waals surface area contributed by atoms with Gasteiger partial charge >= 0.3 is 0 Å². The minimum Gasteiger partial charge on any atom is -0.392 e. The summed E-state index contributed by atoms with van der Waals surface area (Å²) < 4.78 is 1.12. The van der Waals surface area contributed by atoms with Gasteiger partial charge in [0, 0.05) is 11.2 Å². The monoisotopic (exact) mass is 297 g/mol. The third kappa shape index (κ3) is 3.12. The first kappa shape index (κ1) is 13.8. The predicted molar refractivity (Wildman–Crippen MR) is 85.4 cm³/mol. The van der Waals surface area contributed by atoms with Gasteiger partial charge in [0.2, 0.25) is 0 Å². The molecule has 0 saturated heterocycles. The summed E-state index contributed by atoms with van der Waals surface area (Å²) in [4.78, 5) is 12.9. The molecule has 0 atom stereocenters. The Hall–Kier alpha value is -2.17. The fraction of sp³-hybridized carbons (Fsp3) is 0.118. The highest BCUT2D eigenvalue weighted by Gasteiger charge is 2.09. The Morgan fingerprint density at radius 3 is 2.48 bits per heavy atom. The van der Waals surface area contributed by atoms with Crippen molar-refractivity contribution < 1.29 is 9.90 Å². The highest BCUT2D eigenvalue weighted by Crippen LogP contribution is 2.25. The van der Waals surface area contributed by atoms with Crippen molar-refractivity contribution in [2.75, 3.05) is 0 Å². The molecular weight excluding hydrogens is 282 g/mol. The van der Waals surface area contributed by atoms with Gasteiger partial charge in [0.15, 0.2) is 0 Å². The van der Waals surface area contributed by atoms with Crippen molar-refractivity contribution in [2.45, 2.75) is 13.2 Å². The molecule has 3 aromatic rings. The number of amides is 1. The van der Waals surface area contributed by atoms with Crippen LogP contribution in [0.25, 0.3) is 10.1 Å². The van der Waals surface area contributed by atoms with Gasteiger partial charge in [-0.3, -0.25) is 4.79 Å². The minimum absolute atomic E-state index is 0.0361. The van der Waals surface area contributed by atoms with Crippen molar-refractivity contribution in [2.24, 2.45) is 0 Å². The molecule has 106 valence electrons. The molecule has 0 aliphatic rings. The second-order valence-corrected chi connectivity index (χ2v) is 5.89. The first-order valence-corrected chi connectivity index (χ1v) is 7.53. The zero-order valence-corrected chi connectivity index (χ0v) is 12.2. The van der Waals surface area contributed by atoms with Crippen LogP contribution in [0.2, 0.25) is 0 Å². The van der Waals surface area contributed by atoms with E-state index < -0.39 is 0 Å². The van der Waals surface area contributed by atoms with Crippen LogP contribution < -0.4 is 5.32 Å². The maximum atomic E-state index is 12.2. The quantitative estimate of drug-likeness (QED) is 0.776. The third-order valence-electron chi connectivity index (χ3n) is 3.31. The summed E-state index contributed by atoms with van der Waals surface area (Å²) in [5, 5.41) is 13.0. The van der Waals surface area contributed by atoms with E-state index in [1.165, 1.54) is 11.3 Å². The number of nitrogens with one attached hydrogen (secondary N) is 1. The number of rotatable bonds is 4. The van der Waals surface area contributed by atoms with Crippen LogP contribution in [0.1, 0.15) is 20.8 Å². The predicted octanol–water partition coefficient (Wildman–Crippen LogP) is 3.32. The maximum Gasteiger partial charge on any atom is 0.261 e. The van der Waals surface area contributed by atoms with E-state index in [0.29, 0.717) is 6.54 Å². The van der Waals surface area contributed by atoms with Crippen LogP contribution in [0.5, 0.6) is 0 Å². The van der Waals surface area contributed by atoms with Gasteiger partial charge in [-0.05, 0) is 28.6 Å². The summed E-state index contributed by atoms with van der Waals surface area (Å²) in [5.74, 6) is -0.0533. The van der Waals surface area contributed by atoms with Gasteiger partial charge < -0.3 is 10.4 Å². The number of aliphatic hydroxyl groups is 1. The Morgan fingerprint density at radius 2 is 1.76 bits per heavy atom. The summed E-state index contributed by atoms with van der Waals surface area (Å²) in [6, 6.07) is 17.4. The average Bonchev–Trinajstić information content (AvgIpc) is 2.97. The number of carbonyl (C=O) groups excluding carboxylic acids is 1. The lowest BCUT2D eigenvalue weighted by molar-refractivity contribution is 0.0955. The van der Waals surface area contributed by atoms with Crippen molar-refractivity contribution >= 4 is 27.3 Å². The number of fused-ring (bicyclic) bond motifs is 1. The van der Waals surface area contributed by atoms with Gasteiger partial charge in [-0.25, -0.2) is 0 Å². The van der Waals surface area contributed by atoms with Crippen LogP contribution in [0.4, 0.5) is 0 Å². The van der Waals surface area contributed by atoms with E-state index >= 15 is 0 Å². The fourth-order valence-electron chi connectivity index (χ4n) is 2.13. The molecule has 0 unspecified atom stereocenters. The molecule has 1 aromatic heterocycles. The van der Waals surface area contributed by atoms with E-state index in [-0.39, 0.29) is 12.5 Å². The van der Waals surface area contributed by atoms with Crippen molar-refractivity contribution in [3.05, 3.63) is 70.6 Å². The molecule has 4 heteroatoms. The van der Waals surface area contributed by atoms with E-state index in [1.807, 2.05) is 54.6 Å². The summed E-state index contributed by atoms with van der Waals surface area (Å²) in [7, 11) is 0. The molecule has 0 spiro atoms. The Balaban J connectivity index is 1.68. The molecule has 1 heterocycles. The van der Waals surface area contributed by atoms with E-state index in [0.717, 1.165) is 26.1 Å².